The Morgan fingerprint density at radius 3 is 2.95 bits per heavy atom. The summed E-state index contributed by atoms with van der Waals surface area (Å²) < 4.78 is 37.8. The molecule has 1 aliphatic rings. The normalized spacial score (nSPS) is 18.5. The van der Waals surface area contributed by atoms with Crippen LogP contribution in [0, 0.1) is 11.7 Å². The Kier molecular flexibility index (Phi) is 5.31. The van der Waals surface area contributed by atoms with Gasteiger partial charge >= 0.3 is 0 Å². The summed E-state index contributed by atoms with van der Waals surface area (Å²) in [6.07, 6.45) is -1.73. The van der Waals surface area contributed by atoms with Gasteiger partial charge in [0, 0.05) is 11.4 Å². The van der Waals surface area contributed by atoms with Gasteiger partial charge in [0.2, 0.25) is 12.3 Å². The number of amides is 1. The maximum absolute atomic E-state index is 13.3. The van der Waals surface area contributed by atoms with Crippen molar-refractivity contribution >= 4 is 23.4 Å². The van der Waals surface area contributed by atoms with Crippen LogP contribution in [0.4, 0.5) is 18.9 Å². The second kappa shape index (κ2) is 6.99. The molecule has 1 aromatic rings. The lowest BCUT2D eigenvalue weighted by molar-refractivity contribution is -0.119. The summed E-state index contributed by atoms with van der Waals surface area (Å²) in [4.78, 5) is 12.4. The fourth-order valence-electron chi connectivity index (χ4n) is 1.99. The van der Waals surface area contributed by atoms with E-state index in [1.807, 2.05) is 0 Å². The first-order chi connectivity index (χ1) is 9.56. The molecule has 1 aliphatic heterocycles. The molecule has 1 amide bonds. The summed E-state index contributed by atoms with van der Waals surface area (Å²) in [6.45, 7) is 1.36. The zero-order chi connectivity index (χ0) is 14.5. The van der Waals surface area contributed by atoms with Gasteiger partial charge in [0.05, 0.1) is 17.4 Å². The summed E-state index contributed by atoms with van der Waals surface area (Å²) in [5, 5.41) is 5.70. The highest BCUT2D eigenvalue weighted by molar-refractivity contribution is 7.99. The van der Waals surface area contributed by atoms with E-state index >= 15 is 0 Å². The molecule has 0 radical (unpaired) electrons. The van der Waals surface area contributed by atoms with Crippen LogP contribution in [0.1, 0.15) is 6.42 Å². The summed E-state index contributed by atoms with van der Waals surface area (Å²) in [5.74, 6) is -1.27. The SMILES string of the molecule is O=C(Nc1cc(F)ccc1SCC(F)F)C1CCNC1. The summed E-state index contributed by atoms with van der Waals surface area (Å²) in [5.41, 5.74) is 0.257. The first-order valence-electron chi connectivity index (χ1n) is 6.28. The molecular weight excluding hydrogens is 289 g/mol. The smallest absolute Gasteiger partial charge is 0.247 e. The fourth-order valence-corrected chi connectivity index (χ4v) is 2.73. The third kappa shape index (κ3) is 4.14. The number of hydrogen-bond acceptors (Lipinski definition) is 3. The van der Waals surface area contributed by atoms with Crippen LogP contribution in [0.5, 0.6) is 0 Å². The molecule has 7 heteroatoms. The van der Waals surface area contributed by atoms with Gasteiger partial charge in [-0.15, -0.1) is 11.8 Å². The Bertz CT molecular complexity index is 479. The third-order valence-electron chi connectivity index (χ3n) is 3.00. The van der Waals surface area contributed by atoms with Crippen molar-refractivity contribution in [1.82, 2.24) is 5.32 Å². The number of carbonyl (C=O) groups excluding carboxylic acids is 1. The maximum atomic E-state index is 13.3. The molecule has 1 unspecified atom stereocenters. The Morgan fingerprint density at radius 2 is 2.30 bits per heavy atom. The van der Waals surface area contributed by atoms with E-state index in [0.29, 0.717) is 11.4 Å². The minimum absolute atomic E-state index is 0.161. The van der Waals surface area contributed by atoms with Gasteiger partial charge in [0.25, 0.3) is 0 Å². The number of anilines is 1. The van der Waals surface area contributed by atoms with E-state index in [-0.39, 0.29) is 23.3 Å². The average Bonchev–Trinajstić information content (AvgIpc) is 2.91. The number of alkyl halides is 2. The zero-order valence-electron chi connectivity index (χ0n) is 10.7. The third-order valence-corrected chi connectivity index (χ3v) is 4.08. The minimum atomic E-state index is -2.45. The van der Waals surface area contributed by atoms with Gasteiger partial charge in [0.1, 0.15) is 5.82 Å². The number of benzene rings is 1. The van der Waals surface area contributed by atoms with Crippen molar-refractivity contribution in [3.63, 3.8) is 0 Å². The summed E-state index contributed by atoms with van der Waals surface area (Å²) in [7, 11) is 0. The highest BCUT2D eigenvalue weighted by atomic mass is 32.2. The monoisotopic (exact) mass is 304 g/mol. The molecule has 1 atom stereocenters. The topological polar surface area (TPSA) is 41.1 Å². The quantitative estimate of drug-likeness (QED) is 0.822. The van der Waals surface area contributed by atoms with Gasteiger partial charge in [-0.05, 0) is 31.2 Å². The van der Waals surface area contributed by atoms with Gasteiger partial charge in [-0.25, -0.2) is 13.2 Å². The van der Waals surface area contributed by atoms with Crippen molar-refractivity contribution < 1.29 is 18.0 Å². The predicted molar refractivity (Wildman–Crippen MR) is 72.7 cm³/mol. The van der Waals surface area contributed by atoms with Crippen molar-refractivity contribution in [1.29, 1.82) is 0 Å². The molecule has 2 rings (SSSR count). The molecule has 20 heavy (non-hydrogen) atoms. The molecule has 1 aromatic carbocycles. The summed E-state index contributed by atoms with van der Waals surface area (Å²) in [6, 6.07) is 3.76. The van der Waals surface area contributed by atoms with Crippen LogP contribution in [0.2, 0.25) is 0 Å². The van der Waals surface area contributed by atoms with Crippen LogP contribution in [-0.4, -0.2) is 31.2 Å². The van der Waals surface area contributed by atoms with E-state index in [0.717, 1.165) is 30.8 Å². The van der Waals surface area contributed by atoms with Crippen LogP contribution < -0.4 is 10.6 Å². The molecule has 0 aromatic heterocycles. The second-order valence-electron chi connectivity index (χ2n) is 4.52. The van der Waals surface area contributed by atoms with Gasteiger partial charge in [-0.2, -0.15) is 0 Å². The van der Waals surface area contributed by atoms with E-state index in [2.05, 4.69) is 10.6 Å². The number of carbonyl (C=O) groups is 1. The fraction of sp³-hybridized carbons (Fsp3) is 0.462. The van der Waals surface area contributed by atoms with Crippen molar-refractivity contribution in [3.05, 3.63) is 24.0 Å². The van der Waals surface area contributed by atoms with E-state index in [9.17, 15) is 18.0 Å². The van der Waals surface area contributed by atoms with Gasteiger partial charge < -0.3 is 10.6 Å². The second-order valence-corrected chi connectivity index (χ2v) is 5.58. The Labute approximate surface area is 119 Å². The highest BCUT2D eigenvalue weighted by Crippen LogP contribution is 2.29. The molecule has 1 fully saturated rings. The van der Waals surface area contributed by atoms with Crippen molar-refractivity contribution in [2.75, 3.05) is 24.2 Å². The van der Waals surface area contributed by atoms with E-state index in [4.69, 9.17) is 0 Å². The van der Waals surface area contributed by atoms with Crippen molar-refractivity contribution in [2.24, 2.45) is 5.92 Å². The number of nitrogens with one attached hydrogen (secondary N) is 2. The average molecular weight is 304 g/mol. The molecule has 0 spiro atoms. The lowest BCUT2D eigenvalue weighted by atomic mass is 10.1. The van der Waals surface area contributed by atoms with Crippen molar-refractivity contribution in [3.8, 4) is 0 Å². The number of thioether (sulfide) groups is 1. The molecule has 3 nitrogen and oxygen atoms in total. The minimum Gasteiger partial charge on any atom is -0.325 e. The molecule has 0 saturated carbocycles. The summed E-state index contributed by atoms with van der Waals surface area (Å²) >= 11 is 0.901. The molecular formula is C13H15F3N2OS. The largest absolute Gasteiger partial charge is 0.325 e. The van der Waals surface area contributed by atoms with Gasteiger partial charge in [-0.3, -0.25) is 4.79 Å². The molecule has 0 bridgehead atoms. The number of rotatable bonds is 5. The van der Waals surface area contributed by atoms with Gasteiger partial charge in [-0.1, -0.05) is 0 Å². The van der Waals surface area contributed by atoms with Crippen molar-refractivity contribution in [2.45, 2.75) is 17.7 Å². The van der Waals surface area contributed by atoms with Crippen LogP contribution in [0.25, 0.3) is 0 Å². The molecule has 2 N–H and O–H groups in total. The molecule has 0 aliphatic carbocycles. The first-order valence-corrected chi connectivity index (χ1v) is 7.27. The van der Waals surface area contributed by atoms with Crippen LogP contribution >= 0.6 is 11.8 Å². The van der Waals surface area contributed by atoms with Crippen LogP contribution in [0.3, 0.4) is 0 Å². The van der Waals surface area contributed by atoms with Gasteiger partial charge in [0.15, 0.2) is 0 Å². The standard InChI is InChI=1S/C13H15F3N2OS/c14-9-1-2-11(20-7-12(15)16)10(5-9)18-13(19)8-3-4-17-6-8/h1-2,5,8,12,17H,3-4,6-7H2,(H,18,19). The van der Waals surface area contributed by atoms with E-state index in [1.165, 1.54) is 12.1 Å². The Hall–Kier alpha value is -1.21. The van der Waals surface area contributed by atoms with Crippen LogP contribution in [-0.2, 0) is 4.79 Å². The van der Waals surface area contributed by atoms with Crippen LogP contribution in [0.15, 0.2) is 23.1 Å². The zero-order valence-corrected chi connectivity index (χ0v) is 11.5. The number of hydrogen-bond donors (Lipinski definition) is 2. The lowest BCUT2D eigenvalue weighted by Gasteiger charge is -2.13. The lowest BCUT2D eigenvalue weighted by Crippen LogP contribution is -2.25. The van der Waals surface area contributed by atoms with E-state index in [1.54, 1.807) is 0 Å². The molecule has 1 saturated heterocycles. The highest BCUT2D eigenvalue weighted by Gasteiger charge is 2.23. The first kappa shape index (κ1) is 15.2. The predicted octanol–water partition coefficient (Wildman–Crippen LogP) is 2.73. The maximum Gasteiger partial charge on any atom is 0.247 e. The van der Waals surface area contributed by atoms with E-state index < -0.39 is 12.2 Å². The molecule has 110 valence electrons. The molecule has 1 heterocycles. The number of halogens is 3. The Morgan fingerprint density at radius 1 is 1.50 bits per heavy atom. The Balaban J connectivity index is 2.07.